The Morgan fingerprint density at radius 3 is 2.57 bits per heavy atom. The number of carbonyl (C=O) groups excluding carboxylic acids is 2. The zero-order valence-electron chi connectivity index (χ0n) is 21.3. The van der Waals surface area contributed by atoms with Gasteiger partial charge in [-0.05, 0) is 43.4 Å². The summed E-state index contributed by atoms with van der Waals surface area (Å²) in [5.41, 5.74) is 2.91. The van der Waals surface area contributed by atoms with Crippen molar-refractivity contribution >= 4 is 44.9 Å². The van der Waals surface area contributed by atoms with Crippen molar-refractivity contribution in [1.29, 1.82) is 0 Å². The highest BCUT2D eigenvalue weighted by Gasteiger charge is 2.31. The molecule has 2 saturated heterocycles. The number of aryl methyl sites for hydroxylation is 1. The Kier molecular flexibility index (Phi) is 7.43. The van der Waals surface area contributed by atoms with Crippen molar-refractivity contribution in [1.82, 2.24) is 14.3 Å². The Morgan fingerprint density at radius 1 is 1.11 bits per heavy atom. The average Bonchev–Trinajstić information content (AvgIpc) is 3.33. The van der Waals surface area contributed by atoms with E-state index in [0.29, 0.717) is 75.0 Å². The van der Waals surface area contributed by atoms with Crippen LogP contribution in [0.5, 0.6) is 11.5 Å². The molecule has 5 rings (SSSR count). The van der Waals surface area contributed by atoms with Gasteiger partial charge in [-0.15, -0.1) is 0 Å². The van der Waals surface area contributed by atoms with Gasteiger partial charge in [0.05, 0.1) is 55.5 Å². The summed E-state index contributed by atoms with van der Waals surface area (Å²) in [6.07, 6.45) is 2.99. The predicted molar refractivity (Wildman–Crippen MR) is 142 cm³/mol. The molecule has 0 spiro atoms. The number of pyridine rings is 1. The average molecular weight is 526 g/mol. The summed E-state index contributed by atoms with van der Waals surface area (Å²) in [4.78, 5) is 36.1. The van der Waals surface area contributed by atoms with Gasteiger partial charge < -0.3 is 29.3 Å². The predicted octanol–water partition coefficient (Wildman–Crippen LogP) is 3.34. The number of carbonyl (C=O) groups is 2. The minimum atomic E-state index is -0.162. The van der Waals surface area contributed by atoms with Crippen LogP contribution in [0.2, 0.25) is 0 Å². The first-order chi connectivity index (χ1) is 18.0. The van der Waals surface area contributed by atoms with Gasteiger partial charge in [-0.3, -0.25) is 9.59 Å². The lowest BCUT2D eigenvalue weighted by Crippen LogP contribution is -2.42. The Bertz CT molecular complexity index is 1300. The molecular formula is C26H31N5O5S. The van der Waals surface area contributed by atoms with Crippen LogP contribution >= 0.6 is 11.5 Å². The van der Waals surface area contributed by atoms with Crippen LogP contribution in [-0.2, 0) is 9.53 Å². The Hall–Kier alpha value is -3.44. The molecule has 196 valence electrons. The van der Waals surface area contributed by atoms with E-state index in [9.17, 15) is 9.59 Å². The van der Waals surface area contributed by atoms with E-state index in [0.717, 1.165) is 21.6 Å². The Morgan fingerprint density at radius 2 is 1.86 bits per heavy atom. The summed E-state index contributed by atoms with van der Waals surface area (Å²) >= 11 is 1.34. The number of aromatic nitrogens is 2. The van der Waals surface area contributed by atoms with Crippen molar-refractivity contribution in [3.05, 3.63) is 35.7 Å². The van der Waals surface area contributed by atoms with E-state index in [-0.39, 0.29) is 17.7 Å². The van der Waals surface area contributed by atoms with Crippen molar-refractivity contribution in [2.24, 2.45) is 5.92 Å². The summed E-state index contributed by atoms with van der Waals surface area (Å²) < 4.78 is 20.6. The highest BCUT2D eigenvalue weighted by Crippen LogP contribution is 2.37. The van der Waals surface area contributed by atoms with E-state index in [1.165, 1.54) is 11.5 Å². The van der Waals surface area contributed by atoms with Gasteiger partial charge >= 0.3 is 0 Å². The second kappa shape index (κ2) is 10.9. The lowest BCUT2D eigenvalue weighted by atomic mass is 9.94. The highest BCUT2D eigenvalue weighted by atomic mass is 32.1. The van der Waals surface area contributed by atoms with Crippen LogP contribution in [0.4, 0.5) is 11.4 Å². The van der Waals surface area contributed by atoms with E-state index in [2.05, 4.69) is 19.6 Å². The van der Waals surface area contributed by atoms with Crippen molar-refractivity contribution in [3.63, 3.8) is 0 Å². The second-order valence-electron chi connectivity index (χ2n) is 9.19. The molecule has 4 heterocycles. The molecule has 0 atom stereocenters. The summed E-state index contributed by atoms with van der Waals surface area (Å²) in [6, 6.07) is 5.32. The van der Waals surface area contributed by atoms with E-state index in [4.69, 9.17) is 14.2 Å². The van der Waals surface area contributed by atoms with Crippen molar-refractivity contribution in [2.45, 2.75) is 19.8 Å². The topological polar surface area (TPSA) is 106 Å². The van der Waals surface area contributed by atoms with Crippen LogP contribution in [-0.4, -0.2) is 79.7 Å². The number of rotatable bonds is 6. The van der Waals surface area contributed by atoms with Crippen molar-refractivity contribution in [3.8, 4) is 11.5 Å². The highest BCUT2D eigenvalue weighted by molar-refractivity contribution is 7.13. The molecule has 37 heavy (non-hydrogen) atoms. The first-order valence-corrected chi connectivity index (χ1v) is 13.2. The fourth-order valence-corrected chi connectivity index (χ4v) is 5.72. The molecule has 10 nitrogen and oxygen atoms in total. The van der Waals surface area contributed by atoms with E-state index < -0.39 is 0 Å². The van der Waals surface area contributed by atoms with Gasteiger partial charge in [-0.2, -0.15) is 4.37 Å². The summed E-state index contributed by atoms with van der Waals surface area (Å²) in [5, 5.41) is 3.94. The van der Waals surface area contributed by atoms with Crippen molar-refractivity contribution in [2.75, 3.05) is 63.8 Å². The maximum atomic E-state index is 13.5. The summed E-state index contributed by atoms with van der Waals surface area (Å²) in [7, 11) is 3.16. The minimum absolute atomic E-state index is 0.0386. The molecule has 0 radical (unpaired) electrons. The molecule has 3 aromatic rings. The molecule has 2 fully saturated rings. The molecule has 1 N–H and O–H groups in total. The molecule has 0 aliphatic carbocycles. The van der Waals surface area contributed by atoms with Gasteiger partial charge in [-0.1, -0.05) is 0 Å². The smallest absolute Gasteiger partial charge is 0.257 e. The fourth-order valence-electron chi connectivity index (χ4n) is 4.97. The lowest BCUT2D eigenvalue weighted by molar-refractivity contribution is -0.120. The molecule has 1 aromatic carbocycles. The van der Waals surface area contributed by atoms with Gasteiger partial charge in [-0.25, -0.2) is 4.98 Å². The number of nitrogens with zero attached hydrogens (tertiary/aromatic N) is 4. The third-order valence-electron chi connectivity index (χ3n) is 7.02. The molecule has 0 bridgehead atoms. The number of amides is 2. The Labute approximate surface area is 219 Å². The first kappa shape index (κ1) is 25.2. The molecule has 2 aromatic heterocycles. The van der Waals surface area contributed by atoms with Crippen LogP contribution in [0.15, 0.2) is 24.4 Å². The number of methoxy groups -OCH3 is 2. The maximum Gasteiger partial charge on any atom is 0.257 e. The number of benzene rings is 1. The van der Waals surface area contributed by atoms with Gasteiger partial charge in [0.25, 0.3) is 5.91 Å². The van der Waals surface area contributed by atoms with Gasteiger partial charge in [0.15, 0.2) is 0 Å². The number of anilines is 2. The second-order valence-corrected chi connectivity index (χ2v) is 9.94. The molecule has 11 heteroatoms. The number of ether oxygens (including phenoxy) is 3. The maximum absolute atomic E-state index is 13.5. The van der Waals surface area contributed by atoms with Gasteiger partial charge in [0, 0.05) is 44.4 Å². The fraction of sp³-hybridized carbons (Fsp3) is 0.462. The van der Waals surface area contributed by atoms with Crippen LogP contribution in [0.1, 0.15) is 28.9 Å². The summed E-state index contributed by atoms with van der Waals surface area (Å²) in [6.45, 7) is 5.44. The normalized spacial score (nSPS) is 16.6. The van der Waals surface area contributed by atoms with Crippen LogP contribution in [0.25, 0.3) is 10.2 Å². The van der Waals surface area contributed by atoms with Gasteiger partial charge in [0.2, 0.25) is 5.91 Å². The zero-order valence-corrected chi connectivity index (χ0v) is 22.1. The minimum Gasteiger partial charge on any atom is -0.497 e. The molecular weight excluding hydrogens is 494 g/mol. The van der Waals surface area contributed by atoms with Crippen LogP contribution < -0.4 is 19.7 Å². The van der Waals surface area contributed by atoms with Gasteiger partial charge in [0.1, 0.15) is 16.3 Å². The number of piperidine rings is 1. The number of fused-ring (bicyclic) bond motifs is 1. The van der Waals surface area contributed by atoms with Crippen LogP contribution in [0, 0.1) is 12.8 Å². The molecule has 2 aliphatic rings. The molecule has 2 aliphatic heterocycles. The summed E-state index contributed by atoms with van der Waals surface area (Å²) in [5.74, 6) is 0.972. The number of nitrogens with one attached hydrogen (secondary N) is 1. The Balaban J connectivity index is 1.36. The largest absolute Gasteiger partial charge is 0.497 e. The van der Waals surface area contributed by atoms with E-state index in [1.54, 1.807) is 38.6 Å². The quantitative estimate of drug-likeness (QED) is 0.522. The van der Waals surface area contributed by atoms with E-state index >= 15 is 0 Å². The standard InChI is InChI=1S/C26H31N5O5S/c1-16-22-23(19(15-27-25(22)37-29-16)26(33)31-10-12-36-13-11-31)30-8-6-17(7-9-30)24(32)28-20-14-18(34-2)4-5-21(20)35-3/h4-5,14-15,17H,6-13H2,1-3H3,(H,28,32). The molecule has 2 amide bonds. The lowest BCUT2D eigenvalue weighted by Gasteiger charge is -2.35. The van der Waals surface area contributed by atoms with Crippen LogP contribution in [0.3, 0.4) is 0 Å². The number of morpholine rings is 1. The molecule has 0 saturated carbocycles. The molecule has 0 unspecified atom stereocenters. The monoisotopic (exact) mass is 525 g/mol. The third-order valence-corrected chi connectivity index (χ3v) is 7.87. The number of hydrogen-bond acceptors (Lipinski definition) is 9. The first-order valence-electron chi connectivity index (χ1n) is 12.4. The third kappa shape index (κ3) is 5.05. The SMILES string of the molecule is COc1ccc(OC)c(NC(=O)C2CCN(c3c(C(=O)N4CCOCC4)cnc4snc(C)c34)CC2)c1. The number of hydrogen-bond donors (Lipinski definition) is 1. The van der Waals surface area contributed by atoms with Crippen molar-refractivity contribution < 1.29 is 23.8 Å². The zero-order chi connectivity index (χ0) is 25.9. The van der Waals surface area contributed by atoms with E-state index in [1.807, 2.05) is 11.8 Å².